The number of rotatable bonds is 3. The van der Waals surface area contributed by atoms with Crippen molar-refractivity contribution in [1.82, 2.24) is 0 Å². The van der Waals surface area contributed by atoms with Crippen LogP contribution in [-0.4, -0.2) is 16.3 Å². The molecule has 1 saturated heterocycles. The van der Waals surface area contributed by atoms with Crippen LogP contribution in [0.5, 0.6) is 0 Å². The van der Waals surface area contributed by atoms with Crippen LogP contribution in [0.3, 0.4) is 0 Å². The van der Waals surface area contributed by atoms with Gasteiger partial charge in [0.2, 0.25) is 0 Å². The van der Waals surface area contributed by atoms with Gasteiger partial charge in [-0.15, -0.1) is 11.8 Å². The van der Waals surface area contributed by atoms with E-state index in [9.17, 15) is 4.79 Å². The summed E-state index contributed by atoms with van der Waals surface area (Å²) in [5.41, 5.74) is 0.959. The standard InChI is InChI=1S/C11H13BrO2S/c1-11(3-2-4-15-11)9(13)5-8-6-10(12)14-7-8/h6-7H,2-5H2,1H3. The van der Waals surface area contributed by atoms with Crippen molar-refractivity contribution >= 4 is 33.5 Å². The molecule has 15 heavy (non-hydrogen) atoms. The first kappa shape index (κ1) is 11.3. The lowest BCUT2D eigenvalue weighted by Crippen LogP contribution is -2.30. The molecule has 0 aromatic carbocycles. The minimum absolute atomic E-state index is 0.163. The van der Waals surface area contributed by atoms with Crippen LogP contribution in [-0.2, 0) is 11.2 Å². The van der Waals surface area contributed by atoms with E-state index in [1.807, 2.05) is 6.07 Å². The maximum atomic E-state index is 12.1. The third kappa shape index (κ3) is 2.48. The van der Waals surface area contributed by atoms with E-state index < -0.39 is 0 Å². The van der Waals surface area contributed by atoms with E-state index in [2.05, 4.69) is 22.9 Å². The molecule has 0 N–H and O–H groups in total. The van der Waals surface area contributed by atoms with Gasteiger partial charge in [0, 0.05) is 6.42 Å². The van der Waals surface area contributed by atoms with E-state index in [0.717, 1.165) is 24.2 Å². The lowest BCUT2D eigenvalue weighted by atomic mass is 9.96. The highest BCUT2D eigenvalue weighted by Crippen LogP contribution is 2.39. The first-order valence-electron chi connectivity index (χ1n) is 5.00. The SMILES string of the molecule is CC1(C(=O)Cc2coc(Br)c2)CCCS1. The highest BCUT2D eigenvalue weighted by molar-refractivity contribution is 9.10. The number of hydrogen-bond acceptors (Lipinski definition) is 3. The molecule has 1 fully saturated rings. The van der Waals surface area contributed by atoms with Crippen LogP contribution in [0.4, 0.5) is 0 Å². The summed E-state index contributed by atoms with van der Waals surface area (Å²) in [6, 6.07) is 1.86. The second-order valence-electron chi connectivity index (χ2n) is 4.04. The van der Waals surface area contributed by atoms with Gasteiger partial charge in [-0.25, -0.2) is 0 Å². The van der Waals surface area contributed by atoms with Gasteiger partial charge in [0.15, 0.2) is 10.5 Å². The predicted octanol–water partition coefficient (Wildman–Crippen LogP) is 3.44. The number of furan rings is 1. The zero-order valence-corrected chi connectivity index (χ0v) is 11.0. The van der Waals surface area contributed by atoms with E-state index in [0.29, 0.717) is 16.9 Å². The molecular weight excluding hydrogens is 276 g/mol. The Morgan fingerprint density at radius 3 is 3.07 bits per heavy atom. The van der Waals surface area contributed by atoms with Crippen LogP contribution in [0.25, 0.3) is 0 Å². The normalized spacial score (nSPS) is 25.7. The molecular formula is C11H13BrO2S. The number of carbonyl (C=O) groups excluding carboxylic acids is 1. The first-order chi connectivity index (χ1) is 7.10. The van der Waals surface area contributed by atoms with Crippen molar-refractivity contribution in [3.05, 3.63) is 22.6 Å². The number of thioether (sulfide) groups is 1. The number of halogens is 1. The van der Waals surface area contributed by atoms with Gasteiger partial charge in [0.25, 0.3) is 0 Å². The van der Waals surface area contributed by atoms with Crippen LogP contribution >= 0.6 is 27.7 Å². The molecule has 1 atom stereocenters. The summed E-state index contributed by atoms with van der Waals surface area (Å²) in [4.78, 5) is 12.1. The molecule has 0 bridgehead atoms. The highest BCUT2D eigenvalue weighted by atomic mass is 79.9. The summed E-state index contributed by atoms with van der Waals surface area (Å²) in [6.45, 7) is 2.06. The smallest absolute Gasteiger partial charge is 0.169 e. The van der Waals surface area contributed by atoms with Crippen molar-refractivity contribution < 1.29 is 9.21 Å². The van der Waals surface area contributed by atoms with Gasteiger partial charge in [-0.05, 0) is 53.1 Å². The fourth-order valence-electron chi connectivity index (χ4n) is 1.81. The van der Waals surface area contributed by atoms with Crippen LogP contribution in [0.1, 0.15) is 25.3 Å². The Labute approximate surface area is 102 Å². The Morgan fingerprint density at radius 1 is 1.73 bits per heavy atom. The molecule has 0 spiro atoms. The van der Waals surface area contributed by atoms with Crippen LogP contribution in [0.15, 0.2) is 21.4 Å². The summed E-state index contributed by atoms with van der Waals surface area (Å²) in [6.07, 6.45) is 4.29. The molecule has 2 rings (SSSR count). The summed E-state index contributed by atoms with van der Waals surface area (Å²) in [5, 5.41) is 0. The van der Waals surface area contributed by atoms with Crippen molar-refractivity contribution in [3.63, 3.8) is 0 Å². The Bertz CT molecular complexity index is 366. The van der Waals surface area contributed by atoms with Gasteiger partial charge in [0.1, 0.15) is 0 Å². The predicted molar refractivity (Wildman–Crippen MR) is 65.2 cm³/mol. The lowest BCUT2D eigenvalue weighted by molar-refractivity contribution is -0.120. The van der Waals surface area contributed by atoms with Crippen LogP contribution in [0, 0.1) is 0 Å². The minimum Gasteiger partial charge on any atom is -0.457 e. The molecule has 1 aromatic heterocycles. The number of Topliss-reactive ketones (excluding diaryl/α,β-unsaturated/α-hetero) is 1. The molecule has 1 unspecified atom stereocenters. The third-order valence-corrected chi connectivity index (χ3v) is 4.77. The van der Waals surface area contributed by atoms with E-state index >= 15 is 0 Å². The third-order valence-electron chi connectivity index (χ3n) is 2.80. The minimum atomic E-state index is -0.163. The van der Waals surface area contributed by atoms with E-state index in [4.69, 9.17) is 4.42 Å². The maximum Gasteiger partial charge on any atom is 0.169 e. The molecule has 0 saturated carbocycles. The van der Waals surface area contributed by atoms with Gasteiger partial charge in [-0.2, -0.15) is 0 Å². The number of hydrogen-bond donors (Lipinski definition) is 0. The largest absolute Gasteiger partial charge is 0.457 e. The average molecular weight is 289 g/mol. The van der Waals surface area contributed by atoms with Gasteiger partial charge >= 0.3 is 0 Å². The monoisotopic (exact) mass is 288 g/mol. The van der Waals surface area contributed by atoms with E-state index in [1.165, 1.54) is 0 Å². The van der Waals surface area contributed by atoms with E-state index in [-0.39, 0.29) is 4.75 Å². The Morgan fingerprint density at radius 2 is 2.53 bits per heavy atom. The lowest BCUT2D eigenvalue weighted by Gasteiger charge is -2.20. The molecule has 2 heterocycles. The van der Waals surface area contributed by atoms with Crippen LogP contribution < -0.4 is 0 Å². The molecule has 1 aliphatic heterocycles. The van der Waals surface area contributed by atoms with Crippen molar-refractivity contribution in [2.45, 2.75) is 30.9 Å². The average Bonchev–Trinajstić information content (AvgIpc) is 2.76. The second kappa shape index (κ2) is 4.34. The molecule has 1 aromatic rings. The quantitative estimate of drug-likeness (QED) is 0.854. The Balaban J connectivity index is 2.03. The van der Waals surface area contributed by atoms with Crippen molar-refractivity contribution in [2.24, 2.45) is 0 Å². The summed E-state index contributed by atoms with van der Waals surface area (Å²) < 4.78 is 5.65. The van der Waals surface area contributed by atoms with Gasteiger partial charge in [-0.1, -0.05) is 0 Å². The molecule has 4 heteroatoms. The van der Waals surface area contributed by atoms with Gasteiger partial charge in [0.05, 0.1) is 11.0 Å². The fraction of sp³-hybridized carbons (Fsp3) is 0.545. The second-order valence-corrected chi connectivity index (χ2v) is 6.42. The van der Waals surface area contributed by atoms with Crippen molar-refractivity contribution in [1.29, 1.82) is 0 Å². The van der Waals surface area contributed by atoms with Crippen molar-refractivity contribution in [3.8, 4) is 0 Å². The number of carbonyl (C=O) groups is 1. The van der Waals surface area contributed by atoms with Crippen LogP contribution in [0.2, 0.25) is 0 Å². The van der Waals surface area contributed by atoms with Gasteiger partial charge < -0.3 is 4.42 Å². The van der Waals surface area contributed by atoms with Gasteiger partial charge in [-0.3, -0.25) is 4.79 Å². The molecule has 1 aliphatic rings. The Hall–Kier alpha value is -0.220. The summed E-state index contributed by atoms with van der Waals surface area (Å²) >= 11 is 5.02. The maximum absolute atomic E-state index is 12.1. The fourth-order valence-corrected chi connectivity index (χ4v) is 3.46. The van der Waals surface area contributed by atoms with Crippen molar-refractivity contribution in [2.75, 3.05) is 5.75 Å². The summed E-state index contributed by atoms with van der Waals surface area (Å²) in [5.74, 6) is 1.43. The summed E-state index contributed by atoms with van der Waals surface area (Å²) in [7, 11) is 0. The molecule has 0 aliphatic carbocycles. The topological polar surface area (TPSA) is 30.2 Å². The number of ketones is 1. The van der Waals surface area contributed by atoms with E-state index in [1.54, 1.807) is 18.0 Å². The molecule has 0 radical (unpaired) electrons. The molecule has 0 amide bonds. The first-order valence-corrected chi connectivity index (χ1v) is 6.78. The highest BCUT2D eigenvalue weighted by Gasteiger charge is 2.36. The molecule has 2 nitrogen and oxygen atoms in total. The Kier molecular flexibility index (Phi) is 3.26. The zero-order chi connectivity index (χ0) is 10.9. The zero-order valence-electron chi connectivity index (χ0n) is 8.59. The molecule has 82 valence electrons.